The zero-order chi connectivity index (χ0) is 37.2. The summed E-state index contributed by atoms with van der Waals surface area (Å²) in [6.07, 6.45) is 20.7. The predicted octanol–water partition coefficient (Wildman–Crippen LogP) is 15.5. The zero-order valence-corrected chi connectivity index (χ0v) is 36.6. The van der Waals surface area contributed by atoms with Crippen LogP contribution in [0.3, 0.4) is 0 Å². The van der Waals surface area contributed by atoms with Gasteiger partial charge in [0, 0.05) is 0 Å². The van der Waals surface area contributed by atoms with Gasteiger partial charge in [-0.25, -0.2) is 0 Å². The molecule has 51 heavy (non-hydrogen) atoms. The third-order valence-corrected chi connectivity index (χ3v) is 20.1. The monoisotopic (exact) mass is 695 g/mol. The zero-order valence-electron chi connectivity index (χ0n) is 36.6. The molecular weight excluding hydrogens is 613 g/mol. The fourth-order valence-electron chi connectivity index (χ4n) is 14.9. The molecule has 0 heterocycles. The van der Waals surface area contributed by atoms with Gasteiger partial charge in [-0.2, -0.15) is 0 Å². The van der Waals surface area contributed by atoms with Gasteiger partial charge in [-0.3, -0.25) is 0 Å². The summed E-state index contributed by atoms with van der Waals surface area (Å²) < 4.78 is 0. The van der Waals surface area contributed by atoms with Gasteiger partial charge < -0.3 is 0 Å². The maximum Gasteiger partial charge on any atom is -0.0113 e. The minimum absolute atomic E-state index is 0.428. The van der Waals surface area contributed by atoms with Crippen LogP contribution in [0.1, 0.15) is 194 Å². The fourth-order valence-corrected chi connectivity index (χ4v) is 14.9. The molecule has 0 aromatic heterocycles. The molecule has 0 nitrogen and oxygen atoms in total. The molecular formula is C51H82. The molecule has 11 bridgehead atoms. The van der Waals surface area contributed by atoms with Crippen LogP contribution in [0, 0.1) is 80.3 Å². The van der Waals surface area contributed by atoms with Crippen LogP contribution in [0.15, 0.2) is 44.6 Å². The van der Waals surface area contributed by atoms with Crippen LogP contribution in [-0.2, 0) is 0 Å². The normalized spacial score (nSPS) is 45.4. The molecule has 0 aliphatic heterocycles. The molecule has 13 aliphatic carbocycles. The Kier molecular flexibility index (Phi) is 9.57. The highest BCUT2D eigenvalue weighted by Crippen LogP contribution is 2.86. The largest absolute Gasteiger partial charge is 0.0710 e. The van der Waals surface area contributed by atoms with Crippen LogP contribution in [-0.4, -0.2) is 0 Å². The first-order valence-corrected chi connectivity index (χ1v) is 22.3. The lowest BCUT2D eigenvalue weighted by Crippen LogP contribution is -2.32. The maximum atomic E-state index is 2.46. The standard InChI is InChI=1S/C13H20.C13H22.C13H24.C12H16/c1-8-9(2)13-6-10-3-11(7-13)5-12(8)4-10;1-9-10(2)13(5)7-6-11(8-13)12(9,3)4;1-10-11(2)13(5,6)9-7-8-12(10,3)4;1-6-7(2)9-5-12-4-8(6)3-10(12)11(9)12/h10-13H,3-7H2,1-2H3;11H,6-8H2,1-5H3;7-9H2,1-6H3;8-11H,3-5H2,1-2H3. The topological polar surface area (TPSA) is 0 Å². The Morgan fingerprint density at radius 3 is 1.49 bits per heavy atom. The Hall–Kier alpha value is -1.04. The fraction of sp³-hybridized carbons (Fsp3) is 0.843. The molecule has 0 aromatic carbocycles. The Bertz CT molecular complexity index is 1440. The van der Waals surface area contributed by atoms with Gasteiger partial charge >= 0.3 is 0 Å². The molecule has 0 heteroatoms. The van der Waals surface area contributed by atoms with Gasteiger partial charge in [0.1, 0.15) is 0 Å². The van der Waals surface area contributed by atoms with Crippen molar-refractivity contribution < 1.29 is 0 Å². The highest BCUT2D eigenvalue weighted by molar-refractivity contribution is 5.40. The summed E-state index contributed by atoms with van der Waals surface area (Å²) in [5, 5.41) is 0. The van der Waals surface area contributed by atoms with E-state index in [9.17, 15) is 0 Å². The number of rotatable bonds is 0. The lowest BCUT2D eigenvalue weighted by Gasteiger charge is -2.42. The summed E-state index contributed by atoms with van der Waals surface area (Å²) in [5.41, 5.74) is 16.5. The Morgan fingerprint density at radius 1 is 0.471 bits per heavy atom. The average Bonchev–Trinajstić information content (AvgIpc) is 3.33. The highest BCUT2D eigenvalue weighted by atomic mass is 14.8. The molecule has 0 saturated heterocycles. The van der Waals surface area contributed by atoms with Crippen LogP contribution < -0.4 is 0 Å². The third kappa shape index (κ3) is 6.20. The van der Waals surface area contributed by atoms with Crippen molar-refractivity contribution in [2.24, 2.45) is 80.3 Å². The van der Waals surface area contributed by atoms with E-state index in [-0.39, 0.29) is 0 Å². The smallest absolute Gasteiger partial charge is 0.0113 e. The van der Waals surface area contributed by atoms with E-state index in [0.29, 0.717) is 21.7 Å². The van der Waals surface area contributed by atoms with E-state index in [1.807, 2.05) is 0 Å². The van der Waals surface area contributed by atoms with Crippen molar-refractivity contribution in [3.05, 3.63) is 44.6 Å². The second-order valence-corrected chi connectivity index (χ2v) is 23.2. The molecule has 7 atom stereocenters. The van der Waals surface area contributed by atoms with E-state index in [0.717, 1.165) is 46.8 Å². The van der Waals surface area contributed by atoms with E-state index < -0.39 is 0 Å². The van der Waals surface area contributed by atoms with Crippen LogP contribution in [0.5, 0.6) is 0 Å². The van der Waals surface area contributed by atoms with Crippen molar-refractivity contribution in [2.75, 3.05) is 0 Å². The van der Waals surface area contributed by atoms with Gasteiger partial charge in [-0.05, 0) is 219 Å². The van der Waals surface area contributed by atoms with Crippen LogP contribution in [0.4, 0.5) is 0 Å². The SMILES string of the molecule is CC1=C(C)C(C)(C)C2CCC1(C)C2.CC1=C(C)C(C)(C)CCCC1(C)C.CC1=C(C)C2CC34CC1CC3C24.CC1=C(C)C2CC3CC(CC1C3)C2. The molecule has 6 fully saturated rings. The quantitative estimate of drug-likeness (QED) is 0.221. The van der Waals surface area contributed by atoms with Gasteiger partial charge in [0.25, 0.3) is 0 Å². The van der Waals surface area contributed by atoms with Gasteiger partial charge in [0.05, 0.1) is 0 Å². The summed E-state index contributed by atoms with van der Waals surface area (Å²) in [5.74, 6) is 9.51. The molecule has 7 unspecified atom stereocenters. The van der Waals surface area contributed by atoms with Crippen molar-refractivity contribution >= 4 is 0 Å². The summed E-state index contributed by atoms with van der Waals surface area (Å²) in [4.78, 5) is 0. The molecule has 286 valence electrons. The van der Waals surface area contributed by atoms with E-state index in [2.05, 4.69) is 104 Å². The molecule has 6 saturated carbocycles. The molecule has 0 N–H and O–H groups in total. The van der Waals surface area contributed by atoms with E-state index in [1.165, 1.54) is 76.0 Å². The molecule has 0 radical (unpaired) electrons. The van der Waals surface area contributed by atoms with Crippen molar-refractivity contribution in [2.45, 2.75) is 194 Å². The minimum Gasteiger partial charge on any atom is -0.0710 e. The predicted molar refractivity (Wildman–Crippen MR) is 221 cm³/mol. The summed E-state index contributed by atoms with van der Waals surface area (Å²) >= 11 is 0. The van der Waals surface area contributed by atoms with Crippen molar-refractivity contribution in [3.63, 3.8) is 0 Å². The number of hydrogen-bond donors (Lipinski definition) is 0. The van der Waals surface area contributed by atoms with Gasteiger partial charge in [0.2, 0.25) is 0 Å². The van der Waals surface area contributed by atoms with E-state index >= 15 is 0 Å². The first kappa shape index (κ1) is 38.2. The number of hydrogen-bond acceptors (Lipinski definition) is 0. The van der Waals surface area contributed by atoms with Gasteiger partial charge in [0.15, 0.2) is 0 Å². The lowest BCUT2D eigenvalue weighted by atomic mass is 9.62. The molecule has 0 amide bonds. The Morgan fingerprint density at radius 2 is 0.980 bits per heavy atom. The number of fused-ring (bicyclic) bond motifs is 2. The summed E-state index contributed by atoms with van der Waals surface area (Å²) in [6.45, 7) is 35.8. The van der Waals surface area contributed by atoms with Crippen LogP contribution in [0.25, 0.3) is 0 Å². The van der Waals surface area contributed by atoms with Gasteiger partial charge in [-0.1, -0.05) is 99.5 Å². The Balaban J connectivity index is 0.000000106. The van der Waals surface area contributed by atoms with E-state index in [4.69, 9.17) is 0 Å². The van der Waals surface area contributed by atoms with Crippen LogP contribution >= 0.6 is 0 Å². The average molecular weight is 695 g/mol. The highest BCUT2D eigenvalue weighted by Gasteiger charge is 2.79. The Labute approximate surface area is 317 Å². The molecule has 13 rings (SSSR count). The van der Waals surface area contributed by atoms with Crippen molar-refractivity contribution in [3.8, 4) is 0 Å². The van der Waals surface area contributed by atoms with Crippen molar-refractivity contribution in [1.29, 1.82) is 0 Å². The van der Waals surface area contributed by atoms with Gasteiger partial charge in [-0.15, -0.1) is 0 Å². The first-order valence-electron chi connectivity index (χ1n) is 22.3. The second kappa shape index (κ2) is 12.8. The third-order valence-electron chi connectivity index (χ3n) is 20.1. The maximum absolute atomic E-state index is 2.46. The molecule has 13 aliphatic rings. The number of allylic oxidation sites excluding steroid dienone is 8. The second-order valence-electron chi connectivity index (χ2n) is 23.2. The minimum atomic E-state index is 0.428. The molecule has 0 aromatic rings. The molecule has 1 spiro atoms. The van der Waals surface area contributed by atoms with E-state index in [1.54, 1.807) is 70.3 Å². The summed E-state index contributed by atoms with van der Waals surface area (Å²) in [6, 6.07) is 0. The van der Waals surface area contributed by atoms with Crippen LogP contribution in [0.2, 0.25) is 0 Å². The first-order chi connectivity index (χ1) is 23.6. The lowest BCUT2D eigenvalue weighted by molar-refractivity contribution is 0.138. The summed E-state index contributed by atoms with van der Waals surface area (Å²) in [7, 11) is 0. The van der Waals surface area contributed by atoms with Crippen molar-refractivity contribution in [1.82, 2.24) is 0 Å².